The first-order valence-electron chi connectivity index (χ1n) is 7.64. The zero-order chi connectivity index (χ0) is 13.6. The number of hydrogen-bond acceptors (Lipinski definition) is 2. The molecule has 19 heavy (non-hydrogen) atoms. The van der Waals surface area contributed by atoms with Gasteiger partial charge < -0.3 is 10.4 Å². The van der Waals surface area contributed by atoms with E-state index in [2.05, 4.69) is 12.2 Å². The molecular weight excluding hydrogens is 265 g/mol. The van der Waals surface area contributed by atoms with Crippen molar-refractivity contribution in [2.24, 2.45) is 0 Å². The predicted molar refractivity (Wildman–Crippen MR) is 84.1 cm³/mol. The molecule has 0 aromatic rings. The van der Waals surface area contributed by atoms with Crippen LogP contribution >= 0.6 is 0 Å². The SMILES string of the molecule is CCCCCCCCCCCCNC(C)C(=O)O.[KH]. The topological polar surface area (TPSA) is 49.3 Å². The van der Waals surface area contributed by atoms with Gasteiger partial charge in [0.1, 0.15) is 6.04 Å². The number of carboxylic acids is 1. The van der Waals surface area contributed by atoms with Gasteiger partial charge in [0.05, 0.1) is 0 Å². The van der Waals surface area contributed by atoms with Gasteiger partial charge in [-0.3, -0.25) is 4.79 Å². The van der Waals surface area contributed by atoms with Crippen molar-refractivity contribution < 1.29 is 9.90 Å². The van der Waals surface area contributed by atoms with Crippen LogP contribution in [-0.2, 0) is 4.79 Å². The van der Waals surface area contributed by atoms with Crippen molar-refractivity contribution in [2.45, 2.75) is 84.1 Å². The Kier molecular flexibility index (Phi) is 20.1. The van der Waals surface area contributed by atoms with Gasteiger partial charge in [0, 0.05) is 0 Å². The quantitative estimate of drug-likeness (QED) is 0.405. The summed E-state index contributed by atoms with van der Waals surface area (Å²) in [5, 5.41) is 11.7. The van der Waals surface area contributed by atoms with Gasteiger partial charge in [-0.15, -0.1) is 0 Å². The Bertz CT molecular complexity index is 201. The molecule has 0 saturated heterocycles. The fourth-order valence-electron chi connectivity index (χ4n) is 2.02. The standard InChI is InChI=1S/C15H31NO2.K.H/c1-3-4-5-6-7-8-9-10-11-12-13-16-14(2)15(17)18;;/h14,16H,3-13H2,1-2H3,(H,17,18);;. The minimum atomic E-state index is -0.762. The van der Waals surface area contributed by atoms with Gasteiger partial charge in [-0.2, -0.15) is 0 Å². The third-order valence-electron chi connectivity index (χ3n) is 3.35. The van der Waals surface area contributed by atoms with E-state index in [1.807, 2.05) is 0 Å². The molecule has 0 amide bonds. The summed E-state index contributed by atoms with van der Waals surface area (Å²) in [6.45, 7) is 4.77. The summed E-state index contributed by atoms with van der Waals surface area (Å²) in [4.78, 5) is 10.5. The fraction of sp³-hybridized carbons (Fsp3) is 0.933. The van der Waals surface area contributed by atoms with E-state index in [9.17, 15) is 4.79 Å². The van der Waals surface area contributed by atoms with Gasteiger partial charge in [0.25, 0.3) is 0 Å². The summed E-state index contributed by atoms with van der Waals surface area (Å²) in [6, 6.07) is -0.413. The number of carbonyl (C=O) groups is 1. The third kappa shape index (κ3) is 17.0. The summed E-state index contributed by atoms with van der Waals surface area (Å²) in [5.41, 5.74) is 0. The van der Waals surface area contributed by atoms with E-state index in [-0.39, 0.29) is 51.4 Å². The van der Waals surface area contributed by atoms with Crippen LogP contribution < -0.4 is 5.32 Å². The minimum absolute atomic E-state index is 0. The average Bonchev–Trinajstić information content (AvgIpc) is 2.35. The summed E-state index contributed by atoms with van der Waals surface area (Å²) >= 11 is 0. The van der Waals surface area contributed by atoms with Crippen LogP contribution in [0.4, 0.5) is 0 Å². The molecule has 0 aliphatic carbocycles. The fourth-order valence-corrected chi connectivity index (χ4v) is 2.02. The molecule has 0 aliphatic heterocycles. The van der Waals surface area contributed by atoms with Crippen LogP contribution in [0.1, 0.15) is 78.1 Å². The van der Waals surface area contributed by atoms with E-state index in [4.69, 9.17) is 5.11 Å². The van der Waals surface area contributed by atoms with Crippen molar-refractivity contribution >= 4 is 57.4 Å². The van der Waals surface area contributed by atoms with E-state index in [1.165, 1.54) is 57.8 Å². The van der Waals surface area contributed by atoms with E-state index >= 15 is 0 Å². The number of nitrogens with one attached hydrogen (secondary N) is 1. The van der Waals surface area contributed by atoms with Gasteiger partial charge in [-0.1, -0.05) is 64.7 Å². The molecule has 1 unspecified atom stereocenters. The number of carboxylic acid groups (broad SMARTS) is 1. The Labute approximate surface area is 161 Å². The van der Waals surface area contributed by atoms with Gasteiger partial charge in [-0.25, -0.2) is 0 Å². The molecule has 0 bridgehead atoms. The monoisotopic (exact) mass is 297 g/mol. The summed E-state index contributed by atoms with van der Waals surface area (Å²) in [5.74, 6) is -0.762. The van der Waals surface area contributed by atoms with Crippen LogP contribution in [-0.4, -0.2) is 75.0 Å². The number of aliphatic carboxylic acids is 1. The molecule has 0 aromatic heterocycles. The number of rotatable bonds is 13. The van der Waals surface area contributed by atoms with Crippen LogP contribution in [0.3, 0.4) is 0 Å². The number of unbranched alkanes of at least 4 members (excludes halogenated alkanes) is 9. The molecule has 1 atom stereocenters. The van der Waals surface area contributed by atoms with E-state index in [1.54, 1.807) is 6.92 Å². The maximum atomic E-state index is 10.5. The van der Waals surface area contributed by atoms with E-state index < -0.39 is 12.0 Å². The van der Waals surface area contributed by atoms with Crippen molar-refractivity contribution in [1.82, 2.24) is 5.32 Å². The normalized spacial score (nSPS) is 11.9. The second-order valence-corrected chi connectivity index (χ2v) is 5.20. The van der Waals surface area contributed by atoms with Crippen LogP contribution in [0.25, 0.3) is 0 Å². The van der Waals surface area contributed by atoms with Crippen LogP contribution in [0.5, 0.6) is 0 Å². The number of hydrogen-bond donors (Lipinski definition) is 2. The molecule has 3 nitrogen and oxygen atoms in total. The molecule has 0 aromatic carbocycles. The third-order valence-corrected chi connectivity index (χ3v) is 3.35. The van der Waals surface area contributed by atoms with Gasteiger partial charge >= 0.3 is 57.4 Å². The van der Waals surface area contributed by atoms with Gasteiger partial charge in [-0.05, 0) is 19.9 Å². The first-order chi connectivity index (χ1) is 8.68. The first-order valence-corrected chi connectivity index (χ1v) is 7.64. The Hall–Kier alpha value is 1.07. The second-order valence-electron chi connectivity index (χ2n) is 5.20. The second kappa shape index (κ2) is 17.1. The molecule has 0 heterocycles. The molecule has 110 valence electrons. The Morgan fingerprint density at radius 1 is 0.947 bits per heavy atom. The van der Waals surface area contributed by atoms with Crippen molar-refractivity contribution in [3.05, 3.63) is 0 Å². The van der Waals surface area contributed by atoms with Crippen LogP contribution in [0, 0.1) is 0 Å². The Morgan fingerprint density at radius 2 is 1.37 bits per heavy atom. The van der Waals surface area contributed by atoms with E-state index in [0.29, 0.717) is 0 Å². The summed E-state index contributed by atoms with van der Waals surface area (Å²) in [6.07, 6.45) is 13.2. The summed E-state index contributed by atoms with van der Waals surface area (Å²) < 4.78 is 0. The molecule has 2 N–H and O–H groups in total. The maximum absolute atomic E-state index is 10.5. The zero-order valence-electron chi connectivity index (χ0n) is 12.2. The van der Waals surface area contributed by atoms with Crippen molar-refractivity contribution in [3.8, 4) is 0 Å². The van der Waals surface area contributed by atoms with Crippen LogP contribution in [0.15, 0.2) is 0 Å². The predicted octanol–water partition coefficient (Wildman–Crippen LogP) is 3.32. The van der Waals surface area contributed by atoms with Gasteiger partial charge in [0.15, 0.2) is 0 Å². The molecular formula is C15H32KNO2. The Balaban J connectivity index is 0. The van der Waals surface area contributed by atoms with Gasteiger partial charge in [0.2, 0.25) is 0 Å². The molecule has 0 saturated carbocycles. The molecule has 0 radical (unpaired) electrons. The average molecular weight is 298 g/mol. The summed E-state index contributed by atoms with van der Waals surface area (Å²) in [7, 11) is 0. The Morgan fingerprint density at radius 3 is 1.79 bits per heavy atom. The molecule has 0 fully saturated rings. The van der Waals surface area contributed by atoms with Crippen molar-refractivity contribution in [3.63, 3.8) is 0 Å². The molecule has 0 rings (SSSR count). The van der Waals surface area contributed by atoms with Crippen molar-refractivity contribution in [2.75, 3.05) is 6.54 Å². The molecule has 0 spiro atoms. The first kappa shape index (κ1) is 22.3. The zero-order valence-corrected chi connectivity index (χ0v) is 12.2. The molecule has 4 heteroatoms. The van der Waals surface area contributed by atoms with E-state index in [0.717, 1.165) is 13.0 Å². The van der Waals surface area contributed by atoms with Crippen molar-refractivity contribution in [1.29, 1.82) is 0 Å². The van der Waals surface area contributed by atoms with Crippen LogP contribution in [0.2, 0.25) is 0 Å². The molecule has 0 aliphatic rings.